The van der Waals surface area contributed by atoms with Gasteiger partial charge in [-0.1, -0.05) is 25.6 Å². The highest BCUT2D eigenvalue weighted by Crippen LogP contribution is 2.29. The van der Waals surface area contributed by atoms with Crippen molar-refractivity contribution in [3.05, 3.63) is 30.5 Å². The number of ether oxygens (including phenoxy) is 3. The highest BCUT2D eigenvalue weighted by atomic mass is 32.2. The molecule has 0 unspecified atom stereocenters. The average Bonchev–Trinajstić information content (AvgIpc) is 3.26. The van der Waals surface area contributed by atoms with E-state index >= 15 is 0 Å². The maximum atomic E-state index is 12.3. The maximum absolute atomic E-state index is 12.3. The van der Waals surface area contributed by atoms with E-state index in [0.29, 0.717) is 43.9 Å². The van der Waals surface area contributed by atoms with Gasteiger partial charge in [-0.3, -0.25) is 4.79 Å². The van der Waals surface area contributed by atoms with Crippen LogP contribution in [0.2, 0.25) is 0 Å². The third-order valence-electron chi connectivity index (χ3n) is 5.26. The second-order valence-corrected chi connectivity index (χ2v) is 9.79. The topological polar surface area (TPSA) is 104 Å². The van der Waals surface area contributed by atoms with Crippen molar-refractivity contribution in [2.24, 2.45) is 0 Å². The highest BCUT2D eigenvalue weighted by Gasteiger charge is 2.20. The Morgan fingerprint density at radius 1 is 1.14 bits per heavy atom. The lowest BCUT2D eigenvalue weighted by Crippen LogP contribution is -2.37. The monoisotopic (exact) mass is 500 g/mol. The van der Waals surface area contributed by atoms with Crippen LogP contribution in [0.25, 0.3) is 11.0 Å². The van der Waals surface area contributed by atoms with E-state index in [9.17, 15) is 4.79 Å². The van der Waals surface area contributed by atoms with E-state index < -0.39 is 0 Å². The van der Waals surface area contributed by atoms with E-state index in [1.165, 1.54) is 0 Å². The molecule has 0 radical (unpaired) electrons. The van der Waals surface area contributed by atoms with Gasteiger partial charge in [-0.25, -0.2) is 14.6 Å². The number of hydrogen-bond donors (Lipinski definition) is 1. The fourth-order valence-electron chi connectivity index (χ4n) is 3.66. The molecule has 1 aliphatic rings. The second kappa shape index (κ2) is 12.1. The Morgan fingerprint density at radius 3 is 2.54 bits per heavy atom. The molecule has 1 amide bonds. The smallest absolute Gasteiger partial charge is 0.258 e. The molecule has 188 valence electrons. The third kappa shape index (κ3) is 6.76. The van der Waals surface area contributed by atoms with Crippen LogP contribution in [0.3, 0.4) is 0 Å². The molecule has 1 saturated heterocycles. The second-order valence-electron chi connectivity index (χ2n) is 8.24. The molecule has 1 aliphatic heterocycles. The van der Waals surface area contributed by atoms with Crippen LogP contribution in [-0.4, -0.2) is 77.0 Å². The minimum Gasteiger partial charge on any atom is -0.494 e. The molecule has 11 heteroatoms. The molecular formula is C24H32N6O4S. The van der Waals surface area contributed by atoms with Gasteiger partial charge in [0.2, 0.25) is 0 Å². The van der Waals surface area contributed by atoms with Crippen LogP contribution >= 0.6 is 11.8 Å². The number of anilines is 1. The summed E-state index contributed by atoms with van der Waals surface area (Å²) in [5, 5.41) is 9.42. The predicted molar refractivity (Wildman–Crippen MR) is 135 cm³/mol. The van der Waals surface area contributed by atoms with Crippen LogP contribution in [0, 0.1) is 0 Å². The van der Waals surface area contributed by atoms with Crippen LogP contribution in [0.1, 0.15) is 20.8 Å². The SMILES string of the molecule is CCOc1ccc(OCC(=O)NCCn2ncc3c(N4CCOCC4)nc(SC(C)C)nc32)cc1. The maximum Gasteiger partial charge on any atom is 0.258 e. The lowest BCUT2D eigenvalue weighted by molar-refractivity contribution is -0.123. The summed E-state index contributed by atoms with van der Waals surface area (Å²) in [6.45, 7) is 10.5. The van der Waals surface area contributed by atoms with Gasteiger partial charge in [0.25, 0.3) is 5.91 Å². The van der Waals surface area contributed by atoms with Crippen LogP contribution in [0.15, 0.2) is 35.6 Å². The van der Waals surface area contributed by atoms with Crippen LogP contribution in [0.5, 0.6) is 11.5 Å². The quantitative estimate of drug-likeness (QED) is 0.314. The number of morpholine rings is 1. The van der Waals surface area contributed by atoms with Crippen molar-refractivity contribution in [3.8, 4) is 11.5 Å². The number of aromatic nitrogens is 4. The zero-order chi connectivity index (χ0) is 24.6. The highest BCUT2D eigenvalue weighted by molar-refractivity contribution is 7.99. The Balaban J connectivity index is 1.37. The summed E-state index contributed by atoms with van der Waals surface area (Å²) in [6, 6.07) is 7.20. The summed E-state index contributed by atoms with van der Waals surface area (Å²) in [7, 11) is 0. The molecule has 1 aromatic carbocycles. The van der Waals surface area contributed by atoms with Gasteiger partial charge in [-0.15, -0.1) is 0 Å². The minimum absolute atomic E-state index is 0.0631. The molecule has 35 heavy (non-hydrogen) atoms. The summed E-state index contributed by atoms with van der Waals surface area (Å²) in [6.07, 6.45) is 1.81. The lowest BCUT2D eigenvalue weighted by Gasteiger charge is -2.28. The Hall–Kier alpha value is -3.05. The molecule has 4 rings (SSSR count). The van der Waals surface area contributed by atoms with Crippen LogP contribution < -0.4 is 19.7 Å². The Kier molecular flexibility index (Phi) is 8.64. The van der Waals surface area contributed by atoms with E-state index in [1.54, 1.807) is 30.1 Å². The number of thioether (sulfide) groups is 1. The molecule has 0 atom stereocenters. The van der Waals surface area contributed by atoms with Gasteiger partial charge in [-0.05, 0) is 31.2 Å². The number of benzene rings is 1. The molecule has 0 bridgehead atoms. The molecule has 3 heterocycles. The van der Waals surface area contributed by atoms with E-state index in [-0.39, 0.29) is 12.5 Å². The van der Waals surface area contributed by atoms with Gasteiger partial charge in [0, 0.05) is 24.9 Å². The number of hydrogen-bond acceptors (Lipinski definition) is 9. The van der Waals surface area contributed by atoms with Crippen molar-refractivity contribution in [3.63, 3.8) is 0 Å². The minimum atomic E-state index is -0.199. The van der Waals surface area contributed by atoms with Crippen LogP contribution in [-0.2, 0) is 16.1 Å². The molecule has 2 aromatic heterocycles. The molecule has 3 aromatic rings. The molecule has 0 spiro atoms. The van der Waals surface area contributed by atoms with Gasteiger partial charge < -0.3 is 24.4 Å². The third-order valence-corrected chi connectivity index (χ3v) is 6.12. The van der Waals surface area contributed by atoms with E-state index in [2.05, 4.69) is 29.2 Å². The summed E-state index contributed by atoms with van der Waals surface area (Å²) >= 11 is 1.62. The summed E-state index contributed by atoms with van der Waals surface area (Å²) < 4.78 is 18.3. The molecular weight excluding hydrogens is 468 g/mol. The average molecular weight is 501 g/mol. The Labute approximate surface area is 209 Å². The zero-order valence-corrected chi connectivity index (χ0v) is 21.2. The zero-order valence-electron chi connectivity index (χ0n) is 20.4. The van der Waals surface area contributed by atoms with Crippen molar-refractivity contribution < 1.29 is 19.0 Å². The van der Waals surface area contributed by atoms with Crippen molar-refractivity contribution >= 4 is 34.5 Å². The van der Waals surface area contributed by atoms with Gasteiger partial charge in [0.1, 0.15) is 17.3 Å². The van der Waals surface area contributed by atoms with Crippen molar-refractivity contribution in [2.75, 3.05) is 51.0 Å². The summed E-state index contributed by atoms with van der Waals surface area (Å²) in [5.74, 6) is 2.08. The van der Waals surface area contributed by atoms with Gasteiger partial charge in [0.05, 0.1) is 37.9 Å². The Morgan fingerprint density at radius 2 is 1.86 bits per heavy atom. The summed E-state index contributed by atoms with van der Waals surface area (Å²) in [5.41, 5.74) is 0.768. The first-order valence-corrected chi connectivity index (χ1v) is 12.8. The number of carbonyl (C=O) groups excluding carboxylic acids is 1. The van der Waals surface area contributed by atoms with Crippen LogP contribution in [0.4, 0.5) is 5.82 Å². The number of nitrogens with one attached hydrogen (secondary N) is 1. The standard InChI is InChI=1S/C24H32N6O4S/c1-4-33-18-5-7-19(8-6-18)34-16-21(31)25-9-10-30-23-20(15-26-30)22(29-11-13-32-14-12-29)27-24(28-23)35-17(2)3/h5-8,15,17H,4,9-14,16H2,1-3H3,(H,25,31). The molecule has 1 N–H and O–H groups in total. The van der Waals surface area contributed by atoms with E-state index in [0.717, 1.165) is 40.8 Å². The number of fused-ring (bicyclic) bond motifs is 1. The molecule has 10 nitrogen and oxygen atoms in total. The van der Waals surface area contributed by atoms with Gasteiger partial charge in [-0.2, -0.15) is 5.10 Å². The molecule has 0 aliphatic carbocycles. The normalized spacial score (nSPS) is 13.9. The first-order chi connectivity index (χ1) is 17.0. The van der Waals surface area contributed by atoms with Gasteiger partial charge in [0.15, 0.2) is 17.4 Å². The number of amides is 1. The van der Waals surface area contributed by atoms with Crippen molar-refractivity contribution in [1.29, 1.82) is 0 Å². The predicted octanol–water partition coefficient (Wildman–Crippen LogP) is 2.76. The lowest BCUT2D eigenvalue weighted by atomic mass is 10.3. The number of nitrogens with zero attached hydrogens (tertiary/aromatic N) is 5. The van der Waals surface area contributed by atoms with E-state index in [4.69, 9.17) is 24.2 Å². The fourth-order valence-corrected chi connectivity index (χ4v) is 4.36. The van der Waals surface area contributed by atoms with Crippen molar-refractivity contribution in [1.82, 2.24) is 25.1 Å². The number of rotatable bonds is 11. The van der Waals surface area contributed by atoms with Gasteiger partial charge >= 0.3 is 0 Å². The molecule has 0 saturated carbocycles. The first-order valence-electron chi connectivity index (χ1n) is 11.9. The van der Waals surface area contributed by atoms with Crippen molar-refractivity contribution in [2.45, 2.75) is 37.7 Å². The fraction of sp³-hybridized carbons (Fsp3) is 0.500. The summed E-state index contributed by atoms with van der Waals surface area (Å²) in [4.78, 5) is 24.1. The Bertz CT molecular complexity index is 1120. The van der Waals surface area contributed by atoms with E-state index in [1.807, 2.05) is 23.7 Å². The first kappa shape index (κ1) is 25.1. The molecule has 1 fully saturated rings. The number of carbonyl (C=O) groups is 1. The largest absolute Gasteiger partial charge is 0.494 e.